The summed E-state index contributed by atoms with van der Waals surface area (Å²) in [5, 5.41) is 11.3. The highest BCUT2D eigenvalue weighted by molar-refractivity contribution is 8.26. The number of thiocarbonyl (C=S) groups is 1. The van der Waals surface area contributed by atoms with Crippen LogP contribution in [0.4, 0.5) is 0 Å². The number of carbonyl (C=O) groups excluding carboxylic acids is 2. The number of carboxylic acid groups (broad SMARTS) is 1. The van der Waals surface area contributed by atoms with Crippen LogP contribution in [-0.2, 0) is 9.59 Å². The third kappa shape index (κ3) is 3.78. The number of carbonyl (C=O) groups is 2. The third-order valence-corrected chi connectivity index (χ3v) is 5.30. The highest BCUT2D eigenvalue weighted by Crippen LogP contribution is 2.33. The molecule has 1 aromatic carbocycles. The Hall–Kier alpha value is -2.09. The van der Waals surface area contributed by atoms with E-state index in [-0.39, 0.29) is 4.32 Å². The van der Waals surface area contributed by atoms with E-state index < -0.39 is 18.4 Å². The van der Waals surface area contributed by atoms with Crippen molar-refractivity contribution in [1.29, 1.82) is 0 Å². The van der Waals surface area contributed by atoms with Crippen molar-refractivity contribution in [1.82, 2.24) is 4.90 Å². The Morgan fingerprint density at radius 3 is 2.84 bits per heavy atom. The van der Waals surface area contributed by atoms with E-state index in [1.807, 2.05) is 19.1 Å². The second-order valence-electron chi connectivity index (χ2n) is 5.31. The van der Waals surface area contributed by atoms with E-state index >= 15 is 0 Å². The molecule has 5 nitrogen and oxygen atoms in total. The first kappa shape index (κ1) is 17.7. The lowest BCUT2D eigenvalue weighted by atomic mass is 10.1. The number of nitrogens with zero attached hydrogens (tertiary/aromatic N) is 1. The second kappa shape index (κ2) is 7.03. The van der Waals surface area contributed by atoms with Crippen LogP contribution in [0.2, 0.25) is 5.02 Å². The van der Waals surface area contributed by atoms with Gasteiger partial charge in [0.15, 0.2) is 0 Å². The van der Waals surface area contributed by atoms with Crippen LogP contribution in [-0.4, -0.2) is 27.6 Å². The predicted molar refractivity (Wildman–Crippen MR) is 98.8 cm³/mol. The Morgan fingerprint density at radius 2 is 2.16 bits per heavy atom. The fourth-order valence-corrected chi connectivity index (χ4v) is 3.64. The van der Waals surface area contributed by atoms with Crippen LogP contribution < -0.4 is 5.11 Å². The molecule has 1 saturated heterocycles. The van der Waals surface area contributed by atoms with Crippen molar-refractivity contribution in [3.63, 3.8) is 0 Å². The van der Waals surface area contributed by atoms with Gasteiger partial charge in [-0.05, 0) is 30.7 Å². The molecular weight excluding hydrogens is 382 g/mol. The third-order valence-electron chi connectivity index (χ3n) is 3.52. The number of hydrogen-bond donors (Lipinski definition) is 0. The molecule has 0 saturated carbocycles. The highest BCUT2D eigenvalue weighted by Gasteiger charge is 2.32. The van der Waals surface area contributed by atoms with Gasteiger partial charge in [-0.15, -0.1) is 0 Å². The molecule has 3 rings (SSSR count). The number of halogens is 1. The quantitative estimate of drug-likeness (QED) is 0.588. The van der Waals surface area contributed by atoms with Crippen LogP contribution in [0.15, 0.2) is 39.7 Å². The van der Waals surface area contributed by atoms with Gasteiger partial charge in [-0.1, -0.05) is 47.7 Å². The summed E-state index contributed by atoms with van der Waals surface area (Å²) in [6.07, 6.45) is 1.54. The number of thioether (sulfide) groups is 1. The van der Waals surface area contributed by atoms with Crippen LogP contribution >= 0.6 is 35.6 Å². The van der Waals surface area contributed by atoms with Crippen molar-refractivity contribution in [2.24, 2.45) is 0 Å². The van der Waals surface area contributed by atoms with Crippen LogP contribution in [0.25, 0.3) is 17.4 Å². The predicted octanol–water partition coefficient (Wildman–Crippen LogP) is 2.86. The number of carboxylic acids is 1. The molecule has 0 atom stereocenters. The van der Waals surface area contributed by atoms with Gasteiger partial charge in [-0.3, -0.25) is 9.69 Å². The number of aliphatic carboxylic acids is 1. The number of aryl methyl sites for hydroxylation is 1. The topological polar surface area (TPSA) is 73.6 Å². The van der Waals surface area contributed by atoms with Crippen molar-refractivity contribution >= 4 is 57.9 Å². The molecule has 1 aliphatic rings. The molecule has 0 N–H and O–H groups in total. The van der Waals surface area contributed by atoms with Crippen LogP contribution in [0.3, 0.4) is 0 Å². The van der Waals surface area contributed by atoms with Gasteiger partial charge in [0.1, 0.15) is 15.8 Å². The van der Waals surface area contributed by atoms with Crippen molar-refractivity contribution in [2.45, 2.75) is 6.92 Å². The first-order chi connectivity index (χ1) is 11.8. The molecule has 0 bridgehead atoms. The van der Waals surface area contributed by atoms with Gasteiger partial charge in [0, 0.05) is 16.7 Å². The van der Waals surface area contributed by atoms with E-state index in [1.165, 1.54) is 6.08 Å². The minimum Gasteiger partial charge on any atom is -0.548 e. The lowest BCUT2D eigenvalue weighted by molar-refractivity contribution is -0.305. The van der Waals surface area contributed by atoms with E-state index in [0.29, 0.717) is 21.4 Å². The molecule has 0 unspecified atom stereocenters. The zero-order valence-corrected chi connectivity index (χ0v) is 15.3. The number of amides is 1. The molecule has 1 amide bonds. The molecular formula is C17H11ClNO4S2-. The first-order valence-corrected chi connectivity index (χ1v) is 8.77. The summed E-state index contributed by atoms with van der Waals surface area (Å²) in [5.41, 5.74) is 1.79. The molecule has 2 aromatic rings. The van der Waals surface area contributed by atoms with Gasteiger partial charge >= 0.3 is 0 Å². The summed E-state index contributed by atoms with van der Waals surface area (Å²) in [4.78, 5) is 24.2. The zero-order valence-electron chi connectivity index (χ0n) is 12.9. The number of furan rings is 1. The van der Waals surface area contributed by atoms with E-state index in [2.05, 4.69) is 0 Å². The molecule has 1 aromatic heterocycles. The molecule has 1 fully saturated rings. The lowest BCUT2D eigenvalue weighted by Crippen LogP contribution is -2.40. The Labute approximate surface area is 158 Å². The maximum Gasteiger partial charge on any atom is 0.266 e. The molecule has 8 heteroatoms. The molecule has 0 spiro atoms. The second-order valence-corrected chi connectivity index (χ2v) is 7.39. The zero-order chi connectivity index (χ0) is 18.1. The highest BCUT2D eigenvalue weighted by atomic mass is 35.5. The average Bonchev–Trinajstić information content (AvgIpc) is 3.11. The molecule has 0 radical (unpaired) electrons. The van der Waals surface area contributed by atoms with Crippen LogP contribution in [0.5, 0.6) is 0 Å². The summed E-state index contributed by atoms with van der Waals surface area (Å²) < 4.78 is 5.91. The van der Waals surface area contributed by atoms with E-state index in [4.69, 9.17) is 28.2 Å². The minimum absolute atomic E-state index is 0.178. The minimum atomic E-state index is -1.37. The summed E-state index contributed by atoms with van der Waals surface area (Å²) in [5.74, 6) is -0.774. The maximum absolute atomic E-state index is 12.2. The maximum atomic E-state index is 12.2. The van der Waals surface area contributed by atoms with Gasteiger partial charge in [-0.2, -0.15) is 0 Å². The Morgan fingerprint density at radius 1 is 1.40 bits per heavy atom. The molecule has 0 aliphatic carbocycles. The molecule has 1 aliphatic heterocycles. The summed E-state index contributed by atoms with van der Waals surface area (Å²) in [6.45, 7) is 1.35. The Bertz CT molecular complexity index is 919. The monoisotopic (exact) mass is 392 g/mol. The normalized spacial score (nSPS) is 16.1. The van der Waals surface area contributed by atoms with Crippen molar-refractivity contribution < 1.29 is 19.1 Å². The summed E-state index contributed by atoms with van der Waals surface area (Å²) in [7, 11) is 0. The van der Waals surface area contributed by atoms with Gasteiger partial charge in [-0.25, -0.2) is 0 Å². The van der Waals surface area contributed by atoms with Crippen molar-refractivity contribution in [3.05, 3.63) is 51.6 Å². The Kier molecular flexibility index (Phi) is 4.99. The number of benzene rings is 1. The lowest BCUT2D eigenvalue weighted by Gasteiger charge is -2.14. The van der Waals surface area contributed by atoms with E-state index in [0.717, 1.165) is 27.8 Å². The molecule has 2 heterocycles. The first-order valence-electron chi connectivity index (χ1n) is 7.17. The standard InChI is InChI=1S/C17H12ClNO4S2/c1-9-2-3-10(6-12(9)18)13-5-4-11(23-13)7-14-16(22)19(8-15(20)21)17(24)25-14/h2-7H,8H2,1H3,(H,20,21)/p-1/b14-7-. The molecule has 25 heavy (non-hydrogen) atoms. The smallest absolute Gasteiger partial charge is 0.266 e. The largest absolute Gasteiger partial charge is 0.548 e. The number of rotatable bonds is 4. The fraction of sp³-hybridized carbons (Fsp3) is 0.118. The van der Waals surface area contributed by atoms with Crippen LogP contribution in [0.1, 0.15) is 11.3 Å². The van der Waals surface area contributed by atoms with Crippen molar-refractivity contribution in [3.8, 4) is 11.3 Å². The average molecular weight is 393 g/mol. The molecule has 128 valence electrons. The van der Waals surface area contributed by atoms with Gasteiger partial charge in [0.25, 0.3) is 5.91 Å². The van der Waals surface area contributed by atoms with Gasteiger partial charge < -0.3 is 14.3 Å². The van der Waals surface area contributed by atoms with Crippen LogP contribution in [0, 0.1) is 6.92 Å². The van der Waals surface area contributed by atoms with Gasteiger partial charge in [0.2, 0.25) is 0 Å². The fourth-order valence-electron chi connectivity index (χ4n) is 2.23. The Balaban J connectivity index is 1.84. The van der Waals surface area contributed by atoms with E-state index in [1.54, 1.807) is 18.2 Å². The van der Waals surface area contributed by atoms with Crippen molar-refractivity contribution in [2.75, 3.05) is 6.54 Å². The van der Waals surface area contributed by atoms with Gasteiger partial charge in [0.05, 0.1) is 17.4 Å². The van der Waals surface area contributed by atoms with E-state index in [9.17, 15) is 14.7 Å². The summed E-state index contributed by atoms with van der Waals surface area (Å²) >= 11 is 12.2. The SMILES string of the molecule is Cc1ccc(-c2ccc(/C=C3\SC(=S)N(CC(=O)[O-])C3=O)o2)cc1Cl. The number of hydrogen-bond acceptors (Lipinski definition) is 6. The summed E-state index contributed by atoms with van der Waals surface area (Å²) in [6, 6.07) is 9.08.